The van der Waals surface area contributed by atoms with E-state index in [4.69, 9.17) is 10.5 Å². The Labute approximate surface area is 86.0 Å². The molecule has 0 spiro atoms. The van der Waals surface area contributed by atoms with Gasteiger partial charge in [0.05, 0.1) is 13.2 Å². The number of aliphatic hydroxyl groups is 1. The van der Waals surface area contributed by atoms with Crippen LogP contribution in [0, 0.1) is 5.92 Å². The van der Waals surface area contributed by atoms with Crippen molar-refractivity contribution in [1.29, 1.82) is 0 Å². The Morgan fingerprint density at radius 3 is 2.64 bits per heavy atom. The Morgan fingerprint density at radius 2 is 2.21 bits per heavy atom. The van der Waals surface area contributed by atoms with Crippen LogP contribution in [0.25, 0.3) is 0 Å². The van der Waals surface area contributed by atoms with Gasteiger partial charge in [-0.15, -0.1) is 0 Å². The predicted molar refractivity (Wildman–Crippen MR) is 56.1 cm³/mol. The topological polar surface area (TPSA) is 58.7 Å². The first-order valence-corrected chi connectivity index (χ1v) is 5.26. The molecule has 0 aromatic carbocycles. The zero-order valence-corrected chi connectivity index (χ0v) is 9.15. The fourth-order valence-electron chi connectivity index (χ4n) is 1.75. The highest BCUT2D eigenvalue weighted by Crippen LogP contribution is 2.33. The number of nitrogens with zero attached hydrogens (tertiary/aromatic N) is 1. The van der Waals surface area contributed by atoms with Crippen LogP contribution >= 0.6 is 0 Å². The van der Waals surface area contributed by atoms with Gasteiger partial charge in [-0.3, -0.25) is 4.90 Å². The van der Waals surface area contributed by atoms with Gasteiger partial charge in [-0.25, -0.2) is 0 Å². The largest absolute Gasteiger partial charge is 0.395 e. The van der Waals surface area contributed by atoms with Gasteiger partial charge in [0, 0.05) is 25.7 Å². The van der Waals surface area contributed by atoms with E-state index in [1.807, 2.05) is 7.05 Å². The Bertz CT molecular complexity index is 162. The van der Waals surface area contributed by atoms with Crippen molar-refractivity contribution in [1.82, 2.24) is 4.90 Å². The second-order valence-electron chi connectivity index (χ2n) is 4.14. The Morgan fingerprint density at radius 1 is 1.57 bits per heavy atom. The number of ether oxygens (including phenoxy) is 1. The van der Waals surface area contributed by atoms with Gasteiger partial charge in [-0.2, -0.15) is 0 Å². The first-order chi connectivity index (χ1) is 6.70. The highest BCUT2D eigenvalue weighted by Gasteiger charge is 2.35. The number of likely N-dealkylation sites (N-methyl/N-ethyl adjacent to an activating group) is 1. The predicted octanol–water partition coefficient (Wildman–Crippen LogP) is -0.337. The average Bonchev–Trinajstić information content (AvgIpc) is 2.98. The second-order valence-corrected chi connectivity index (χ2v) is 4.14. The van der Waals surface area contributed by atoms with Gasteiger partial charge in [0.2, 0.25) is 0 Å². The van der Waals surface area contributed by atoms with E-state index in [1.165, 1.54) is 12.8 Å². The van der Waals surface area contributed by atoms with E-state index < -0.39 is 0 Å². The molecule has 0 aliphatic heterocycles. The molecule has 1 fully saturated rings. The van der Waals surface area contributed by atoms with E-state index >= 15 is 0 Å². The molecule has 1 saturated carbocycles. The lowest BCUT2D eigenvalue weighted by Crippen LogP contribution is -2.50. The minimum absolute atomic E-state index is 0.0812. The molecule has 3 N–H and O–H groups in total. The van der Waals surface area contributed by atoms with Crippen molar-refractivity contribution in [3.05, 3.63) is 0 Å². The van der Waals surface area contributed by atoms with E-state index in [1.54, 1.807) is 7.11 Å². The highest BCUT2D eigenvalue weighted by atomic mass is 16.5. The molecule has 0 heterocycles. The van der Waals surface area contributed by atoms with Crippen LogP contribution < -0.4 is 5.73 Å². The fraction of sp³-hybridized carbons (Fsp3) is 1.00. The van der Waals surface area contributed by atoms with E-state index in [0.29, 0.717) is 12.5 Å². The van der Waals surface area contributed by atoms with Crippen molar-refractivity contribution in [2.45, 2.75) is 24.9 Å². The van der Waals surface area contributed by atoms with Crippen LogP contribution in [0.4, 0.5) is 0 Å². The van der Waals surface area contributed by atoms with E-state index in [0.717, 1.165) is 6.54 Å². The smallest absolute Gasteiger partial charge is 0.0601 e. The second kappa shape index (κ2) is 5.66. The van der Waals surface area contributed by atoms with Crippen LogP contribution in [-0.4, -0.2) is 56.0 Å². The van der Waals surface area contributed by atoms with Gasteiger partial charge in [0.15, 0.2) is 0 Å². The molecule has 0 saturated heterocycles. The molecule has 0 aromatic heterocycles. The fourth-order valence-corrected chi connectivity index (χ4v) is 1.75. The third-order valence-corrected chi connectivity index (χ3v) is 3.01. The van der Waals surface area contributed by atoms with Crippen LogP contribution in [0.3, 0.4) is 0 Å². The van der Waals surface area contributed by atoms with Gasteiger partial charge < -0.3 is 15.6 Å². The molecule has 14 heavy (non-hydrogen) atoms. The third-order valence-electron chi connectivity index (χ3n) is 3.01. The summed E-state index contributed by atoms with van der Waals surface area (Å²) < 4.78 is 5.00. The number of methoxy groups -OCH3 is 1. The number of rotatable bonds is 7. The van der Waals surface area contributed by atoms with Crippen LogP contribution in [0.1, 0.15) is 12.8 Å². The summed E-state index contributed by atoms with van der Waals surface area (Å²) in [5.74, 6) is 0.622. The zero-order valence-electron chi connectivity index (χ0n) is 9.15. The van der Waals surface area contributed by atoms with Crippen molar-refractivity contribution in [2.24, 2.45) is 11.7 Å². The lowest BCUT2D eigenvalue weighted by atomic mass is 10.0. The summed E-state index contributed by atoms with van der Waals surface area (Å²) in [6.45, 7) is 1.64. The van der Waals surface area contributed by atoms with Gasteiger partial charge >= 0.3 is 0 Å². The lowest BCUT2D eigenvalue weighted by molar-refractivity contribution is 0.0888. The summed E-state index contributed by atoms with van der Waals surface area (Å²) in [6.07, 6.45) is 2.44. The molecule has 4 heteroatoms. The molecule has 0 bridgehead atoms. The van der Waals surface area contributed by atoms with Crippen molar-refractivity contribution < 1.29 is 9.84 Å². The molecular formula is C10H22N2O2. The minimum atomic E-state index is 0.0812. The third kappa shape index (κ3) is 3.20. The molecule has 0 amide bonds. The zero-order chi connectivity index (χ0) is 10.6. The average molecular weight is 202 g/mol. The maximum Gasteiger partial charge on any atom is 0.0601 e. The van der Waals surface area contributed by atoms with Crippen molar-refractivity contribution >= 4 is 0 Å². The Kier molecular flexibility index (Phi) is 4.81. The molecule has 84 valence electrons. The SMILES string of the molecule is COCCN(C)C(CO)C(N)C1CC1. The van der Waals surface area contributed by atoms with E-state index in [9.17, 15) is 5.11 Å². The quantitative estimate of drug-likeness (QED) is 0.593. The molecule has 2 unspecified atom stereocenters. The van der Waals surface area contributed by atoms with Crippen LogP contribution in [0.5, 0.6) is 0 Å². The first-order valence-electron chi connectivity index (χ1n) is 5.26. The molecule has 1 aliphatic rings. The first kappa shape index (κ1) is 11.9. The lowest BCUT2D eigenvalue weighted by Gasteiger charge is -2.31. The number of hydrogen-bond donors (Lipinski definition) is 2. The van der Waals surface area contributed by atoms with Crippen LogP contribution in [-0.2, 0) is 4.74 Å². The summed E-state index contributed by atoms with van der Waals surface area (Å²) in [6, 6.07) is 0.194. The maximum atomic E-state index is 9.28. The van der Waals surface area contributed by atoms with Gasteiger partial charge in [0.25, 0.3) is 0 Å². The van der Waals surface area contributed by atoms with Crippen molar-refractivity contribution in [2.75, 3.05) is 33.9 Å². The van der Waals surface area contributed by atoms with Crippen molar-refractivity contribution in [3.63, 3.8) is 0 Å². The monoisotopic (exact) mass is 202 g/mol. The summed E-state index contributed by atoms with van der Waals surface area (Å²) in [5.41, 5.74) is 6.06. The highest BCUT2D eigenvalue weighted by molar-refractivity contribution is 4.92. The normalized spacial score (nSPS) is 21.2. The Hall–Kier alpha value is -0.160. The van der Waals surface area contributed by atoms with E-state index in [2.05, 4.69) is 4.90 Å². The molecule has 0 aromatic rings. The molecule has 1 rings (SSSR count). The maximum absolute atomic E-state index is 9.28. The van der Waals surface area contributed by atoms with Crippen molar-refractivity contribution in [3.8, 4) is 0 Å². The van der Waals surface area contributed by atoms with E-state index in [-0.39, 0.29) is 18.7 Å². The number of nitrogens with two attached hydrogens (primary N) is 1. The summed E-state index contributed by atoms with van der Waals surface area (Å²) in [7, 11) is 3.67. The Balaban J connectivity index is 2.34. The van der Waals surface area contributed by atoms with Gasteiger partial charge in [-0.1, -0.05) is 0 Å². The number of aliphatic hydroxyl groups excluding tert-OH is 1. The molecule has 0 radical (unpaired) electrons. The molecule has 1 aliphatic carbocycles. The van der Waals surface area contributed by atoms with Crippen LogP contribution in [0.2, 0.25) is 0 Å². The van der Waals surface area contributed by atoms with Crippen LogP contribution in [0.15, 0.2) is 0 Å². The molecule has 4 nitrogen and oxygen atoms in total. The van der Waals surface area contributed by atoms with Gasteiger partial charge in [0.1, 0.15) is 0 Å². The summed E-state index contributed by atoms with van der Waals surface area (Å²) in [4.78, 5) is 2.09. The summed E-state index contributed by atoms with van der Waals surface area (Å²) in [5, 5.41) is 9.28. The number of hydrogen-bond acceptors (Lipinski definition) is 4. The molecule has 2 atom stereocenters. The summed E-state index contributed by atoms with van der Waals surface area (Å²) >= 11 is 0. The minimum Gasteiger partial charge on any atom is -0.395 e. The van der Waals surface area contributed by atoms with Gasteiger partial charge in [-0.05, 0) is 25.8 Å². The standard InChI is InChI=1S/C10H22N2O2/c1-12(5-6-14-2)9(7-13)10(11)8-3-4-8/h8-10,13H,3-7,11H2,1-2H3. The molecular weight excluding hydrogens is 180 g/mol.